The van der Waals surface area contributed by atoms with Gasteiger partial charge in [0.05, 0.1) is 6.04 Å². The first kappa shape index (κ1) is 19.9. The number of nitrogens with one attached hydrogen (secondary N) is 1. The van der Waals surface area contributed by atoms with Gasteiger partial charge in [-0.05, 0) is 69.4 Å². The molecule has 26 heavy (non-hydrogen) atoms. The lowest BCUT2D eigenvalue weighted by molar-refractivity contribution is -0.120. The van der Waals surface area contributed by atoms with Crippen molar-refractivity contribution in [3.05, 3.63) is 59.1 Å². The number of nitrogens with zero attached hydrogens (tertiary/aromatic N) is 1. The van der Waals surface area contributed by atoms with Crippen molar-refractivity contribution in [2.45, 2.75) is 19.9 Å². The molecular weight excluding hydrogens is 352 g/mol. The molecule has 2 aromatic carbocycles. The van der Waals surface area contributed by atoms with Crippen LogP contribution in [0.15, 0.2) is 48.5 Å². The summed E-state index contributed by atoms with van der Waals surface area (Å²) >= 11 is 5.84. The third kappa shape index (κ3) is 5.86. The van der Waals surface area contributed by atoms with Gasteiger partial charge in [-0.3, -0.25) is 14.5 Å². The van der Waals surface area contributed by atoms with Crippen LogP contribution in [0.4, 0.5) is 5.69 Å². The van der Waals surface area contributed by atoms with E-state index in [0.29, 0.717) is 29.4 Å². The van der Waals surface area contributed by atoms with E-state index in [1.54, 1.807) is 36.4 Å². The molecule has 0 heterocycles. The third-order valence-electron chi connectivity index (χ3n) is 4.13. The highest BCUT2D eigenvalue weighted by molar-refractivity contribution is 6.30. The Balaban J connectivity index is 1.80. The van der Waals surface area contributed by atoms with Gasteiger partial charge in [-0.25, -0.2) is 0 Å². The van der Waals surface area contributed by atoms with Gasteiger partial charge in [0.15, 0.2) is 5.78 Å². The number of ether oxygens (including phenoxy) is 1. The van der Waals surface area contributed by atoms with Gasteiger partial charge >= 0.3 is 0 Å². The van der Waals surface area contributed by atoms with Crippen molar-refractivity contribution in [2.24, 2.45) is 0 Å². The van der Waals surface area contributed by atoms with Gasteiger partial charge in [0, 0.05) is 22.8 Å². The number of hydrogen-bond donors (Lipinski definition) is 1. The number of ketones is 1. The van der Waals surface area contributed by atoms with Crippen LogP contribution < -0.4 is 10.1 Å². The maximum Gasteiger partial charge on any atom is 0.241 e. The third-order valence-corrected chi connectivity index (χ3v) is 4.38. The van der Waals surface area contributed by atoms with E-state index in [0.717, 1.165) is 5.75 Å². The van der Waals surface area contributed by atoms with Gasteiger partial charge in [0.2, 0.25) is 5.91 Å². The summed E-state index contributed by atoms with van der Waals surface area (Å²) in [6.07, 6.45) is 0. The van der Waals surface area contributed by atoms with Gasteiger partial charge in [0.25, 0.3) is 0 Å². The van der Waals surface area contributed by atoms with E-state index in [-0.39, 0.29) is 17.7 Å². The van der Waals surface area contributed by atoms with Crippen molar-refractivity contribution >= 4 is 29.0 Å². The smallest absolute Gasteiger partial charge is 0.241 e. The molecule has 0 radical (unpaired) electrons. The van der Waals surface area contributed by atoms with Crippen molar-refractivity contribution in [3.8, 4) is 5.75 Å². The van der Waals surface area contributed by atoms with Crippen LogP contribution in [0.5, 0.6) is 5.75 Å². The average Bonchev–Trinajstić information content (AvgIpc) is 2.63. The van der Waals surface area contributed by atoms with Crippen LogP contribution in [-0.2, 0) is 4.79 Å². The zero-order valence-corrected chi connectivity index (χ0v) is 15.9. The lowest BCUT2D eigenvalue weighted by Crippen LogP contribution is -2.41. The Morgan fingerprint density at radius 2 is 1.73 bits per heavy atom. The molecule has 1 amide bonds. The summed E-state index contributed by atoms with van der Waals surface area (Å²) < 4.78 is 5.65. The van der Waals surface area contributed by atoms with Crippen LogP contribution in [0.1, 0.15) is 24.2 Å². The Kier molecular flexibility index (Phi) is 7.18. The Morgan fingerprint density at radius 3 is 2.31 bits per heavy atom. The number of benzene rings is 2. The Bertz CT molecular complexity index is 745. The van der Waals surface area contributed by atoms with Crippen LogP contribution >= 0.6 is 11.6 Å². The molecule has 0 aromatic heterocycles. The summed E-state index contributed by atoms with van der Waals surface area (Å²) in [6.45, 7) is 4.40. The van der Waals surface area contributed by atoms with Gasteiger partial charge in [0.1, 0.15) is 12.4 Å². The molecule has 0 fully saturated rings. The number of likely N-dealkylation sites (N-methyl/N-ethyl adjacent to an activating group) is 1. The van der Waals surface area contributed by atoms with E-state index in [1.807, 2.05) is 31.0 Å². The summed E-state index contributed by atoms with van der Waals surface area (Å²) in [4.78, 5) is 25.6. The van der Waals surface area contributed by atoms with Crippen molar-refractivity contribution < 1.29 is 14.3 Å². The molecule has 0 bridgehead atoms. The first-order valence-electron chi connectivity index (χ1n) is 8.37. The van der Waals surface area contributed by atoms with E-state index in [2.05, 4.69) is 5.32 Å². The van der Waals surface area contributed by atoms with Gasteiger partial charge in [-0.15, -0.1) is 0 Å². The molecule has 2 rings (SSSR count). The van der Waals surface area contributed by atoms with Gasteiger partial charge in [-0.2, -0.15) is 0 Å². The molecule has 5 nitrogen and oxygen atoms in total. The van der Waals surface area contributed by atoms with Gasteiger partial charge < -0.3 is 10.1 Å². The summed E-state index contributed by atoms with van der Waals surface area (Å²) in [5.41, 5.74) is 1.28. The van der Waals surface area contributed by atoms with Crippen LogP contribution in [0.3, 0.4) is 0 Å². The highest BCUT2D eigenvalue weighted by atomic mass is 35.5. The molecule has 6 heteroatoms. The standard InChI is InChI=1S/C20H23ClN2O3/c1-14(20(25)22-18-8-4-16(5-9-18)15(2)24)23(3)12-13-26-19-10-6-17(21)7-11-19/h4-11,14H,12-13H2,1-3H3,(H,22,25). The first-order valence-corrected chi connectivity index (χ1v) is 8.75. The molecule has 1 atom stereocenters. The summed E-state index contributed by atoms with van der Waals surface area (Å²) in [7, 11) is 1.87. The van der Waals surface area contributed by atoms with Gasteiger partial charge in [-0.1, -0.05) is 11.6 Å². The molecule has 0 spiro atoms. The van der Waals surface area contributed by atoms with Crippen molar-refractivity contribution in [1.29, 1.82) is 0 Å². The molecule has 0 saturated heterocycles. The molecule has 2 aromatic rings. The highest BCUT2D eigenvalue weighted by Gasteiger charge is 2.18. The second-order valence-electron chi connectivity index (χ2n) is 6.08. The molecule has 1 unspecified atom stereocenters. The second kappa shape index (κ2) is 9.36. The minimum absolute atomic E-state index is 0.00309. The fraction of sp³-hybridized carbons (Fsp3) is 0.300. The Morgan fingerprint density at radius 1 is 1.12 bits per heavy atom. The zero-order chi connectivity index (χ0) is 19.1. The summed E-state index contributed by atoms with van der Waals surface area (Å²) in [6, 6.07) is 13.7. The normalized spacial score (nSPS) is 11.9. The van der Waals surface area contributed by atoms with Crippen LogP contribution in [0.2, 0.25) is 5.02 Å². The minimum atomic E-state index is -0.323. The molecule has 138 valence electrons. The van der Waals surface area contributed by atoms with Crippen molar-refractivity contribution in [2.75, 3.05) is 25.5 Å². The SMILES string of the molecule is CC(=O)c1ccc(NC(=O)C(C)N(C)CCOc2ccc(Cl)cc2)cc1. The first-order chi connectivity index (χ1) is 12.4. The summed E-state index contributed by atoms with van der Waals surface area (Å²) in [5, 5.41) is 3.52. The van der Waals surface area contributed by atoms with Crippen LogP contribution in [-0.4, -0.2) is 42.8 Å². The predicted octanol–water partition coefficient (Wildman–Crippen LogP) is 3.88. The van der Waals surface area contributed by atoms with Crippen LogP contribution in [0.25, 0.3) is 0 Å². The van der Waals surface area contributed by atoms with E-state index >= 15 is 0 Å². The molecular formula is C20H23ClN2O3. The lowest BCUT2D eigenvalue weighted by Gasteiger charge is -2.23. The zero-order valence-electron chi connectivity index (χ0n) is 15.2. The molecule has 1 N–H and O–H groups in total. The monoisotopic (exact) mass is 374 g/mol. The fourth-order valence-corrected chi connectivity index (χ4v) is 2.39. The highest BCUT2D eigenvalue weighted by Crippen LogP contribution is 2.15. The second-order valence-corrected chi connectivity index (χ2v) is 6.52. The number of halogens is 1. The Labute approximate surface area is 158 Å². The van der Waals surface area contributed by atoms with E-state index in [4.69, 9.17) is 16.3 Å². The van der Waals surface area contributed by atoms with Crippen molar-refractivity contribution in [3.63, 3.8) is 0 Å². The van der Waals surface area contributed by atoms with E-state index in [1.165, 1.54) is 6.92 Å². The summed E-state index contributed by atoms with van der Waals surface area (Å²) in [5.74, 6) is 0.622. The van der Waals surface area contributed by atoms with Crippen LogP contribution in [0, 0.1) is 0 Å². The molecule has 0 saturated carbocycles. The fourth-order valence-electron chi connectivity index (χ4n) is 2.27. The van der Waals surface area contributed by atoms with E-state index < -0.39 is 0 Å². The largest absolute Gasteiger partial charge is 0.492 e. The van der Waals surface area contributed by atoms with Crippen molar-refractivity contribution in [1.82, 2.24) is 4.90 Å². The minimum Gasteiger partial charge on any atom is -0.492 e. The topological polar surface area (TPSA) is 58.6 Å². The number of carbonyl (C=O) groups is 2. The predicted molar refractivity (Wildman–Crippen MR) is 104 cm³/mol. The quantitative estimate of drug-likeness (QED) is 0.712. The molecule has 0 aliphatic carbocycles. The number of rotatable bonds is 8. The molecule has 0 aliphatic rings. The Hall–Kier alpha value is -2.37. The number of Topliss-reactive ketones (excluding diaryl/α,β-unsaturated/α-hetero) is 1. The average molecular weight is 375 g/mol. The van der Waals surface area contributed by atoms with E-state index in [9.17, 15) is 9.59 Å². The number of hydrogen-bond acceptors (Lipinski definition) is 4. The maximum atomic E-state index is 12.4. The lowest BCUT2D eigenvalue weighted by atomic mass is 10.1. The number of carbonyl (C=O) groups excluding carboxylic acids is 2. The number of amides is 1. The number of anilines is 1. The maximum absolute atomic E-state index is 12.4. The molecule has 0 aliphatic heterocycles.